The van der Waals surface area contributed by atoms with Gasteiger partial charge >= 0.3 is 0 Å². The zero-order valence-corrected chi connectivity index (χ0v) is 9.14. The Bertz CT molecular complexity index is 515. The third-order valence-electron chi connectivity index (χ3n) is 2.90. The molecule has 84 valence electrons. The van der Waals surface area contributed by atoms with Crippen LogP contribution in [0.1, 0.15) is 12.8 Å². The first-order chi connectivity index (χ1) is 7.74. The van der Waals surface area contributed by atoms with Crippen LogP contribution in [0.4, 0.5) is 11.8 Å². The summed E-state index contributed by atoms with van der Waals surface area (Å²) in [7, 11) is 2.03. The van der Waals surface area contributed by atoms with Crippen LogP contribution in [0.2, 0.25) is 0 Å². The normalized spacial score (nSPS) is 15.6. The molecule has 0 amide bonds. The Morgan fingerprint density at radius 2 is 2.31 bits per heavy atom. The maximum absolute atomic E-state index is 5.67. The predicted molar refractivity (Wildman–Crippen MR) is 62.1 cm³/mol. The monoisotopic (exact) mass is 218 g/mol. The van der Waals surface area contributed by atoms with Crippen LogP contribution in [-0.4, -0.2) is 33.8 Å². The summed E-state index contributed by atoms with van der Waals surface area (Å²) in [6.45, 7) is 1.02. The van der Waals surface area contributed by atoms with E-state index in [9.17, 15) is 0 Å². The fraction of sp³-hybridized carbons (Fsp3) is 0.500. The molecule has 16 heavy (non-hydrogen) atoms. The largest absolute Gasteiger partial charge is 0.368 e. The molecule has 0 saturated heterocycles. The van der Waals surface area contributed by atoms with Gasteiger partial charge in [-0.25, -0.2) is 0 Å². The molecule has 0 unspecified atom stereocenters. The van der Waals surface area contributed by atoms with Crippen molar-refractivity contribution in [3.05, 3.63) is 6.20 Å². The molecule has 0 bridgehead atoms. The van der Waals surface area contributed by atoms with Crippen LogP contribution in [-0.2, 0) is 0 Å². The molecule has 2 aromatic heterocycles. The average Bonchev–Trinajstić information content (AvgIpc) is 2.93. The molecule has 2 aromatic rings. The molecule has 3 rings (SSSR count). The van der Waals surface area contributed by atoms with E-state index < -0.39 is 0 Å². The van der Waals surface area contributed by atoms with Crippen LogP contribution in [0.5, 0.6) is 0 Å². The van der Waals surface area contributed by atoms with E-state index in [4.69, 9.17) is 5.73 Å². The standard InChI is InChI=1S/C10H14N6/c1-16(5-6-2-3-6)9-7-4-12-15-8(7)13-10(11)14-9/h4,6H,2-3,5H2,1H3,(H3,11,12,13,14,15). The van der Waals surface area contributed by atoms with Gasteiger partial charge in [0.2, 0.25) is 5.95 Å². The third-order valence-corrected chi connectivity index (χ3v) is 2.90. The Kier molecular flexibility index (Phi) is 1.95. The average molecular weight is 218 g/mol. The van der Waals surface area contributed by atoms with Gasteiger partial charge in [-0.05, 0) is 18.8 Å². The van der Waals surface area contributed by atoms with Crippen LogP contribution >= 0.6 is 0 Å². The fourth-order valence-corrected chi connectivity index (χ4v) is 1.90. The van der Waals surface area contributed by atoms with Crippen molar-refractivity contribution in [2.45, 2.75) is 12.8 Å². The number of nitrogens with zero attached hydrogens (tertiary/aromatic N) is 4. The van der Waals surface area contributed by atoms with Gasteiger partial charge < -0.3 is 10.6 Å². The van der Waals surface area contributed by atoms with E-state index in [0.717, 1.165) is 23.7 Å². The lowest BCUT2D eigenvalue weighted by molar-refractivity contribution is 0.780. The summed E-state index contributed by atoms with van der Waals surface area (Å²) in [6, 6.07) is 0. The second kappa shape index (κ2) is 3.33. The highest BCUT2D eigenvalue weighted by Crippen LogP contribution is 2.31. The summed E-state index contributed by atoms with van der Waals surface area (Å²) >= 11 is 0. The van der Waals surface area contributed by atoms with Crippen molar-refractivity contribution < 1.29 is 0 Å². The molecule has 0 atom stereocenters. The van der Waals surface area contributed by atoms with Gasteiger partial charge in [-0.3, -0.25) is 5.10 Å². The highest BCUT2D eigenvalue weighted by atomic mass is 15.2. The number of nitrogens with one attached hydrogen (secondary N) is 1. The number of fused-ring (bicyclic) bond motifs is 1. The molecular weight excluding hydrogens is 204 g/mol. The van der Waals surface area contributed by atoms with Gasteiger partial charge in [-0.1, -0.05) is 0 Å². The summed E-state index contributed by atoms with van der Waals surface area (Å²) in [6.07, 6.45) is 4.38. The van der Waals surface area contributed by atoms with E-state index in [1.54, 1.807) is 6.20 Å². The fourth-order valence-electron chi connectivity index (χ4n) is 1.90. The van der Waals surface area contributed by atoms with Gasteiger partial charge in [0, 0.05) is 13.6 Å². The predicted octanol–water partition coefficient (Wildman–Crippen LogP) is 0.781. The molecule has 6 heteroatoms. The quantitative estimate of drug-likeness (QED) is 0.795. The lowest BCUT2D eigenvalue weighted by atomic mass is 10.3. The van der Waals surface area contributed by atoms with Crippen LogP contribution in [0, 0.1) is 5.92 Å². The molecule has 1 saturated carbocycles. The highest BCUT2D eigenvalue weighted by Gasteiger charge is 2.24. The molecule has 1 aliphatic carbocycles. The number of nitrogens with two attached hydrogens (primary N) is 1. The molecule has 3 N–H and O–H groups in total. The molecule has 0 aromatic carbocycles. The van der Waals surface area contributed by atoms with E-state index in [2.05, 4.69) is 25.1 Å². The molecule has 1 fully saturated rings. The van der Waals surface area contributed by atoms with E-state index in [-0.39, 0.29) is 5.95 Å². The van der Waals surface area contributed by atoms with Gasteiger partial charge in [0.25, 0.3) is 0 Å². The number of nitrogen functional groups attached to an aromatic ring is 1. The van der Waals surface area contributed by atoms with Crippen molar-refractivity contribution in [1.29, 1.82) is 0 Å². The first-order valence-corrected chi connectivity index (χ1v) is 5.42. The maximum atomic E-state index is 5.67. The SMILES string of the molecule is CN(CC1CC1)c1nc(N)nc2[nH]ncc12. The zero-order valence-electron chi connectivity index (χ0n) is 9.14. The number of hydrogen-bond acceptors (Lipinski definition) is 5. The summed E-state index contributed by atoms with van der Waals surface area (Å²) in [5.74, 6) is 1.96. The second-order valence-electron chi connectivity index (χ2n) is 4.36. The minimum Gasteiger partial charge on any atom is -0.368 e. The van der Waals surface area contributed by atoms with Gasteiger partial charge in [0.05, 0.1) is 11.6 Å². The summed E-state index contributed by atoms with van der Waals surface area (Å²) in [5, 5.41) is 7.72. The summed E-state index contributed by atoms with van der Waals surface area (Å²) in [5.41, 5.74) is 6.37. The Morgan fingerprint density at radius 1 is 1.50 bits per heavy atom. The smallest absolute Gasteiger partial charge is 0.224 e. The number of H-pyrrole nitrogens is 1. The van der Waals surface area contributed by atoms with E-state index in [1.165, 1.54) is 12.8 Å². The van der Waals surface area contributed by atoms with Crippen LogP contribution in [0.25, 0.3) is 11.0 Å². The van der Waals surface area contributed by atoms with Gasteiger partial charge in [-0.15, -0.1) is 0 Å². The van der Waals surface area contributed by atoms with Crippen molar-refractivity contribution in [3.8, 4) is 0 Å². The summed E-state index contributed by atoms with van der Waals surface area (Å²) < 4.78 is 0. The van der Waals surface area contributed by atoms with Crippen LogP contribution in [0.3, 0.4) is 0 Å². The molecular formula is C10H14N6. The van der Waals surface area contributed by atoms with Gasteiger partial charge in [0.15, 0.2) is 5.65 Å². The van der Waals surface area contributed by atoms with E-state index in [1.807, 2.05) is 7.05 Å². The Labute approximate surface area is 92.9 Å². The molecule has 0 radical (unpaired) electrons. The van der Waals surface area contributed by atoms with E-state index >= 15 is 0 Å². The van der Waals surface area contributed by atoms with Crippen molar-refractivity contribution in [1.82, 2.24) is 20.2 Å². The maximum Gasteiger partial charge on any atom is 0.224 e. The lowest BCUT2D eigenvalue weighted by Gasteiger charge is -2.18. The topological polar surface area (TPSA) is 83.7 Å². The van der Waals surface area contributed by atoms with Crippen molar-refractivity contribution in [3.63, 3.8) is 0 Å². The highest BCUT2D eigenvalue weighted by molar-refractivity contribution is 5.87. The van der Waals surface area contributed by atoms with Crippen molar-refractivity contribution >= 4 is 22.8 Å². The minimum absolute atomic E-state index is 0.286. The number of hydrogen-bond donors (Lipinski definition) is 2. The zero-order chi connectivity index (χ0) is 11.1. The van der Waals surface area contributed by atoms with Gasteiger partial charge in [-0.2, -0.15) is 15.1 Å². The Hall–Kier alpha value is -1.85. The molecule has 1 aliphatic rings. The van der Waals surface area contributed by atoms with Crippen molar-refractivity contribution in [2.75, 3.05) is 24.2 Å². The first-order valence-electron chi connectivity index (χ1n) is 5.42. The number of rotatable bonds is 3. The third kappa shape index (κ3) is 1.56. The molecule has 0 aliphatic heterocycles. The number of anilines is 2. The minimum atomic E-state index is 0.286. The van der Waals surface area contributed by atoms with Crippen molar-refractivity contribution in [2.24, 2.45) is 5.92 Å². The Balaban J connectivity index is 2.02. The first kappa shape index (κ1) is 9.38. The lowest BCUT2D eigenvalue weighted by Crippen LogP contribution is -2.21. The second-order valence-corrected chi connectivity index (χ2v) is 4.36. The van der Waals surface area contributed by atoms with Crippen LogP contribution < -0.4 is 10.6 Å². The van der Waals surface area contributed by atoms with Crippen LogP contribution in [0.15, 0.2) is 6.20 Å². The summed E-state index contributed by atoms with van der Waals surface area (Å²) in [4.78, 5) is 10.5. The molecule has 6 nitrogen and oxygen atoms in total. The van der Waals surface area contributed by atoms with E-state index in [0.29, 0.717) is 5.65 Å². The number of aromatic nitrogens is 4. The van der Waals surface area contributed by atoms with Gasteiger partial charge in [0.1, 0.15) is 5.82 Å². The number of aromatic amines is 1. The molecule has 0 spiro atoms. The Morgan fingerprint density at radius 3 is 3.06 bits per heavy atom. The molecule has 2 heterocycles.